The van der Waals surface area contributed by atoms with Gasteiger partial charge >= 0.3 is 246 Å². The number of rotatable bonds is 2. The van der Waals surface area contributed by atoms with Crippen molar-refractivity contribution in [2.75, 3.05) is 0 Å². The molecule has 2 aromatic heterocycles. The van der Waals surface area contributed by atoms with E-state index >= 15 is 0 Å². The summed E-state index contributed by atoms with van der Waals surface area (Å²) in [5, 5.41) is 5.03. The molecule has 4 nitrogen and oxygen atoms in total. The Morgan fingerprint density at radius 1 is 0.415 bits per heavy atom. The third-order valence-corrected chi connectivity index (χ3v) is 10.9. The van der Waals surface area contributed by atoms with Crippen LogP contribution < -0.4 is 30.7 Å². The van der Waals surface area contributed by atoms with Crippen LogP contribution in [0.15, 0.2) is 121 Å². The van der Waals surface area contributed by atoms with E-state index in [1.165, 1.54) is 39.7 Å². The summed E-state index contributed by atoms with van der Waals surface area (Å²) >= 11 is -0.397. The van der Waals surface area contributed by atoms with Crippen molar-refractivity contribution in [3.63, 3.8) is 0 Å². The first kappa shape index (κ1) is 22.0. The molecule has 0 N–H and O–H groups in total. The quantitative estimate of drug-likeness (QED) is 0.210. The van der Waals surface area contributed by atoms with Gasteiger partial charge in [-0.05, 0) is 0 Å². The Bertz CT molecular complexity index is 2250. The molecule has 0 bridgehead atoms. The molecule has 41 heavy (non-hydrogen) atoms. The molecular weight excluding hydrogens is 619 g/mol. The van der Waals surface area contributed by atoms with Gasteiger partial charge in [-0.1, -0.05) is 0 Å². The number of halogens is 1. The van der Waals surface area contributed by atoms with Crippen molar-refractivity contribution in [3.05, 3.63) is 128 Å². The van der Waals surface area contributed by atoms with Gasteiger partial charge in [0.1, 0.15) is 0 Å². The number of hydrogen-bond donors (Lipinski definition) is 0. The average molecular weight is 639 g/mol. The SMILES string of the molecule is c1ccc2c(c1)Oc1cccc3c4cc([I-]c5ccc6c(c5)c5cccc7c5n6-c5ccccc5O7)ccc4n-2c13. The third kappa shape index (κ3) is 2.93. The molecule has 8 aromatic rings. The van der Waals surface area contributed by atoms with Gasteiger partial charge in [-0.2, -0.15) is 0 Å². The number of ether oxygens (including phenoxy) is 2. The first-order valence-electron chi connectivity index (χ1n) is 13.7. The van der Waals surface area contributed by atoms with Crippen LogP contribution in [0, 0.1) is 7.14 Å². The number of hydrogen-bond acceptors (Lipinski definition) is 2. The molecule has 0 atom stereocenters. The van der Waals surface area contributed by atoms with Crippen molar-refractivity contribution in [2.24, 2.45) is 0 Å². The summed E-state index contributed by atoms with van der Waals surface area (Å²) in [6, 6.07) is 43.4. The molecule has 194 valence electrons. The molecule has 0 fully saturated rings. The second kappa shape index (κ2) is 7.92. The van der Waals surface area contributed by atoms with E-state index in [1.54, 1.807) is 0 Å². The van der Waals surface area contributed by atoms with E-state index in [2.05, 4.69) is 106 Å². The number of para-hydroxylation sites is 6. The molecule has 0 radical (unpaired) electrons. The molecule has 0 spiro atoms. The zero-order chi connectivity index (χ0) is 26.7. The van der Waals surface area contributed by atoms with E-state index in [0.29, 0.717) is 0 Å². The van der Waals surface area contributed by atoms with Crippen LogP contribution in [-0.4, -0.2) is 9.13 Å². The molecule has 0 unspecified atom stereocenters. The van der Waals surface area contributed by atoms with Crippen molar-refractivity contribution in [1.82, 2.24) is 9.13 Å². The van der Waals surface area contributed by atoms with Crippen LogP contribution in [-0.2, 0) is 0 Å². The molecule has 0 saturated heterocycles. The molecule has 0 amide bonds. The van der Waals surface area contributed by atoms with E-state index < -0.39 is 21.2 Å². The van der Waals surface area contributed by atoms with Gasteiger partial charge < -0.3 is 0 Å². The van der Waals surface area contributed by atoms with E-state index in [0.717, 1.165) is 45.4 Å². The average Bonchev–Trinajstić information content (AvgIpc) is 3.53. The van der Waals surface area contributed by atoms with Crippen molar-refractivity contribution in [2.45, 2.75) is 0 Å². The minimum atomic E-state index is -0.397. The summed E-state index contributed by atoms with van der Waals surface area (Å²) < 4.78 is 20.1. The van der Waals surface area contributed by atoms with Crippen LogP contribution in [0.1, 0.15) is 0 Å². The standard InChI is InChI=1S/C36H20IN2O2/c1-3-11-31-29(9-1)38-27-17-15-21(19-25(27)23-7-5-13-33(40-31)35(23)38)37-22-16-18-28-26(20-22)24-8-6-14-34-36(24)39(28)30-10-2-4-12-32(30)41-34/h1-20H/q-1. The zero-order valence-electron chi connectivity index (χ0n) is 21.6. The van der Waals surface area contributed by atoms with Crippen LogP contribution >= 0.6 is 0 Å². The molecule has 5 heteroatoms. The van der Waals surface area contributed by atoms with Crippen molar-refractivity contribution < 1.29 is 30.7 Å². The van der Waals surface area contributed by atoms with Crippen molar-refractivity contribution in [1.29, 1.82) is 0 Å². The fourth-order valence-corrected chi connectivity index (χ4v) is 8.99. The number of aromatic nitrogens is 2. The predicted octanol–water partition coefficient (Wildman–Crippen LogP) is 6.22. The van der Waals surface area contributed by atoms with Crippen LogP contribution in [0.5, 0.6) is 23.0 Å². The van der Waals surface area contributed by atoms with Crippen molar-refractivity contribution >= 4 is 43.6 Å². The van der Waals surface area contributed by atoms with Gasteiger partial charge in [-0.25, -0.2) is 0 Å². The van der Waals surface area contributed by atoms with Gasteiger partial charge in [0.25, 0.3) is 0 Å². The summed E-state index contributed by atoms with van der Waals surface area (Å²) in [6.45, 7) is 0. The molecule has 6 aromatic carbocycles. The Labute approximate surface area is 245 Å². The molecule has 0 saturated carbocycles. The third-order valence-electron chi connectivity index (χ3n) is 8.29. The Morgan fingerprint density at radius 2 is 0.878 bits per heavy atom. The minimum absolute atomic E-state index is 0.397. The predicted molar refractivity (Wildman–Crippen MR) is 159 cm³/mol. The van der Waals surface area contributed by atoms with Gasteiger partial charge in [0.15, 0.2) is 0 Å². The van der Waals surface area contributed by atoms with E-state index in [-0.39, 0.29) is 0 Å². The number of fused-ring (bicyclic) bond motifs is 10. The fourth-order valence-electron chi connectivity index (χ4n) is 6.62. The normalized spacial score (nSPS) is 13.0. The first-order valence-corrected chi connectivity index (χ1v) is 15.8. The van der Waals surface area contributed by atoms with Crippen LogP contribution in [0.25, 0.3) is 55.0 Å². The number of nitrogens with zero attached hydrogens (tertiary/aromatic N) is 2. The van der Waals surface area contributed by atoms with Gasteiger partial charge in [-0.15, -0.1) is 0 Å². The molecular formula is C36H20IN2O2-. The van der Waals surface area contributed by atoms with Crippen LogP contribution in [0.3, 0.4) is 0 Å². The summed E-state index contributed by atoms with van der Waals surface area (Å²) in [5.74, 6) is 3.62. The van der Waals surface area contributed by atoms with Gasteiger partial charge in [0.2, 0.25) is 0 Å². The molecule has 4 heterocycles. The summed E-state index contributed by atoms with van der Waals surface area (Å²) in [5.41, 5.74) is 6.93. The number of benzene rings is 6. The maximum absolute atomic E-state index is 6.30. The Morgan fingerprint density at radius 3 is 1.39 bits per heavy atom. The molecule has 2 aliphatic rings. The molecule has 2 aliphatic heterocycles. The second-order valence-corrected chi connectivity index (χ2v) is 13.6. The molecule has 0 aliphatic carbocycles. The Kier molecular flexibility index (Phi) is 4.25. The fraction of sp³-hybridized carbons (Fsp3) is 0. The second-order valence-electron chi connectivity index (χ2n) is 10.5. The van der Waals surface area contributed by atoms with E-state index in [4.69, 9.17) is 9.47 Å². The zero-order valence-corrected chi connectivity index (χ0v) is 23.8. The van der Waals surface area contributed by atoms with E-state index in [9.17, 15) is 0 Å². The summed E-state index contributed by atoms with van der Waals surface area (Å²) in [6.07, 6.45) is 0. The first-order chi connectivity index (χ1) is 20.3. The Hall–Kier alpha value is -4.75. The van der Waals surface area contributed by atoms with Gasteiger partial charge in [0.05, 0.1) is 0 Å². The van der Waals surface area contributed by atoms with Gasteiger partial charge in [-0.3, -0.25) is 0 Å². The topological polar surface area (TPSA) is 28.3 Å². The van der Waals surface area contributed by atoms with Gasteiger partial charge in [0, 0.05) is 0 Å². The Balaban J connectivity index is 1.13. The van der Waals surface area contributed by atoms with Crippen molar-refractivity contribution in [3.8, 4) is 34.4 Å². The summed E-state index contributed by atoms with van der Waals surface area (Å²) in [4.78, 5) is 0. The maximum atomic E-state index is 6.30. The van der Waals surface area contributed by atoms with Crippen LogP contribution in [0.4, 0.5) is 0 Å². The summed E-state index contributed by atoms with van der Waals surface area (Å²) in [7, 11) is 0. The molecule has 10 rings (SSSR count). The monoisotopic (exact) mass is 639 g/mol. The van der Waals surface area contributed by atoms with Crippen LogP contribution in [0.2, 0.25) is 0 Å². The van der Waals surface area contributed by atoms with E-state index in [1.807, 2.05) is 24.3 Å².